The number of nitrogens with zero attached hydrogens (tertiary/aromatic N) is 3. The number of fused-ring (bicyclic) bond motifs is 1. The molecule has 1 saturated heterocycles. The van der Waals surface area contributed by atoms with Gasteiger partial charge in [0.15, 0.2) is 5.15 Å². The molecule has 3 rings (SSSR count). The summed E-state index contributed by atoms with van der Waals surface area (Å²) in [5.74, 6) is 1.83. The van der Waals surface area contributed by atoms with E-state index in [9.17, 15) is 0 Å². The van der Waals surface area contributed by atoms with Crippen molar-refractivity contribution in [3.05, 3.63) is 16.7 Å². The summed E-state index contributed by atoms with van der Waals surface area (Å²) in [4.78, 5) is 7.21. The van der Waals surface area contributed by atoms with E-state index in [1.54, 1.807) is 0 Å². The van der Waals surface area contributed by atoms with E-state index < -0.39 is 0 Å². The lowest BCUT2D eigenvalue weighted by Gasteiger charge is -2.21. The summed E-state index contributed by atoms with van der Waals surface area (Å²) in [5, 5.41) is 0.757. The van der Waals surface area contributed by atoms with Crippen molar-refractivity contribution in [1.82, 2.24) is 14.5 Å². The molecule has 1 unspecified atom stereocenters. The van der Waals surface area contributed by atoms with Gasteiger partial charge >= 0.3 is 0 Å². The quantitative estimate of drug-likeness (QED) is 0.821. The maximum Gasteiger partial charge on any atom is 0.150 e. The zero-order valence-electron chi connectivity index (χ0n) is 11.3. The van der Waals surface area contributed by atoms with E-state index in [-0.39, 0.29) is 0 Å². The summed E-state index contributed by atoms with van der Waals surface area (Å²) >= 11 is 6.29. The summed E-state index contributed by atoms with van der Waals surface area (Å²) in [6, 6.07) is 0.640. The Bertz CT molecular complexity index is 438. The first kappa shape index (κ1) is 12.5. The maximum absolute atomic E-state index is 6.29. The Morgan fingerprint density at radius 3 is 2.83 bits per heavy atom. The second-order valence-electron chi connectivity index (χ2n) is 5.89. The van der Waals surface area contributed by atoms with E-state index in [4.69, 9.17) is 11.6 Å². The van der Waals surface area contributed by atoms with E-state index in [1.807, 2.05) is 0 Å². The van der Waals surface area contributed by atoms with Crippen molar-refractivity contribution in [1.29, 1.82) is 0 Å². The van der Waals surface area contributed by atoms with E-state index in [1.165, 1.54) is 37.3 Å². The van der Waals surface area contributed by atoms with Crippen molar-refractivity contribution in [3.8, 4) is 0 Å². The third-order valence-corrected chi connectivity index (χ3v) is 4.72. The van der Waals surface area contributed by atoms with Crippen LogP contribution in [0.5, 0.6) is 0 Å². The molecule has 4 heteroatoms. The topological polar surface area (TPSA) is 21.1 Å². The molecule has 18 heavy (non-hydrogen) atoms. The largest absolute Gasteiger partial charge is 0.330 e. The Labute approximate surface area is 114 Å². The molecule has 3 heterocycles. The smallest absolute Gasteiger partial charge is 0.150 e. The lowest BCUT2D eigenvalue weighted by Crippen LogP contribution is -2.28. The molecular formula is C14H22ClN3. The zero-order valence-corrected chi connectivity index (χ0v) is 12.1. The minimum Gasteiger partial charge on any atom is -0.330 e. The third kappa shape index (κ3) is 2.08. The summed E-state index contributed by atoms with van der Waals surface area (Å²) < 4.78 is 2.40. The summed E-state index contributed by atoms with van der Waals surface area (Å²) in [6.45, 7) is 8.00. The molecule has 0 spiro atoms. The number of hydrogen-bond donors (Lipinski definition) is 0. The van der Waals surface area contributed by atoms with Gasteiger partial charge in [0.05, 0.1) is 5.69 Å². The second-order valence-corrected chi connectivity index (χ2v) is 6.25. The maximum atomic E-state index is 6.29. The van der Waals surface area contributed by atoms with Crippen LogP contribution in [0.25, 0.3) is 0 Å². The molecule has 3 nitrogen and oxygen atoms in total. The number of rotatable bonds is 2. The molecule has 0 bridgehead atoms. The summed E-state index contributed by atoms with van der Waals surface area (Å²) in [6.07, 6.45) is 4.86. The predicted octanol–water partition coefficient (Wildman–Crippen LogP) is 3.07. The fourth-order valence-electron chi connectivity index (χ4n) is 3.30. The lowest BCUT2D eigenvalue weighted by atomic mass is 10.1. The molecule has 1 atom stereocenters. The van der Waals surface area contributed by atoms with Crippen molar-refractivity contribution in [2.75, 3.05) is 13.1 Å². The highest BCUT2D eigenvalue weighted by molar-refractivity contribution is 6.30. The monoisotopic (exact) mass is 267 g/mol. The first-order valence-corrected chi connectivity index (χ1v) is 7.53. The molecule has 0 aromatic carbocycles. The highest BCUT2D eigenvalue weighted by atomic mass is 35.5. The van der Waals surface area contributed by atoms with Gasteiger partial charge in [-0.2, -0.15) is 0 Å². The SMILES string of the molecule is CC(C)N1CCC(c2nc(Cl)c3n2CCCC3)C1. The molecule has 0 saturated carbocycles. The fourth-order valence-corrected chi connectivity index (χ4v) is 3.59. The van der Waals surface area contributed by atoms with Gasteiger partial charge in [0.25, 0.3) is 0 Å². The van der Waals surface area contributed by atoms with Crippen LogP contribution in [0.2, 0.25) is 5.15 Å². The second kappa shape index (κ2) is 4.86. The predicted molar refractivity (Wildman–Crippen MR) is 74.2 cm³/mol. The molecule has 0 aliphatic carbocycles. The molecular weight excluding hydrogens is 246 g/mol. The van der Waals surface area contributed by atoms with Gasteiger partial charge < -0.3 is 9.47 Å². The van der Waals surface area contributed by atoms with Gasteiger partial charge in [-0.05, 0) is 46.1 Å². The van der Waals surface area contributed by atoms with Gasteiger partial charge in [0, 0.05) is 25.0 Å². The van der Waals surface area contributed by atoms with Crippen LogP contribution in [0.15, 0.2) is 0 Å². The van der Waals surface area contributed by atoms with Gasteiger partial charge in [-0.1, -0.05) is 11.6 Å². The van der Waals surface area contributed by atoms with Crippen molar-refractivity contribution in [2.45, 2.75) is 58.0 Å². The normalized spacial score (nSPS) is 24.8. The first-order valence-electron chi connectivity index (χ1n) is 7.15. The van der Waals surface area contributed by atoms with Crippen LogP contribution >= 0.6 is 11.6 Å². The Morgan fingerprint density at radius 1 is 1.28 bits per heavy atom. The molecule has 1 fully saturated rings. The van der Waals surface area contributed by atoms with Crippen molar-refractivity contribution in [3.63, 3.8) is 0 Å². The number of hydrogen-bond acceptors (Lipinski definition) is 2. The summed E-state index contributed by atoms with van der Waals surface area (Å²) in [5.41, 5.74) is 1.28. The van der Waals surface area contributed by atoms with Gasteiger partial charge in [-0.15, -0.1) is 0 Å². The Kier molecular flexibility index (Phi) is 3.37. The van der Waals surface area contributed by atoms with Crippen LogP contribution < -0.4 is 0 Å². The molecule has 0 radical (unpaired) electrons. The van der Waals surface area contributed by atoms with Crippen molar-refractivity contribution >= 4 is 11.6 Å². The fraction of sp³-hybridized carbons (Fsp3) is 0.786. The molecule has 2 aliphatic heterocycles. The molecule has 2 aliphatic rings. The number of imidazole rings is 1. The highest BCUT2D eigenvalue weighted by Crippen LogP contribution is 2.33. The number of likely N-dealkylation sites (tertiary alicyclic amines) is 1. The Hall–Kier alpha value is -0.540. The summed E-state index contributed by atoms with van der Waals surface area (Å²) in [7, 11) is 0. The number of aromatic nitrogens is 2. The Balaban J connectivity index is 1.85. The number of halogens is 1. The van der Waals surface area contributed by atoms with Crippen LogP contribution in [0.3, 0.4) is 0 Å². The van der Waals surface area contributed by atoms with Crippen LogP contribution in [-0.4, -0.2) is 33.6 Å². The van der Waals surface area contributed by atoms with Crippen LogP contribution in [-0.2, 0) is 13.0 Å². The minimum atomic E-state index is 0.580. The van der Waals surface area contributed by atoms with Gasteiger partial charge in [-0.25, -0.2) is 4.98 Å². The average molecular weight is 268 g/mol. The average Bonchev–Trinajstić information content (AvgIpc) is 2.95. The Morgan fingerprint density at radius 2 is 2.11 bits per heavy atom. The van der Waals surface area contributed by atoms with Crippen molar-refractivity contribution < 1.29 is 0 Å². The third-order valence-electron chi connectivity index (χ3n) is 4.41. The van der Waals surface area contributed by atoms with Crippen molar-refractivity contribution in [2.24, 2.45) is 0 Å². The van der Waals surface area contributed by atoms with Crippen LogP contribution in [0.4, 0.5) is 0 Å². The lowest BCUT2D eigenvalue weighted by molar-refractivity contribution is 0.271. The zero-order chi connectivity index (χ0) is 12.7. The van der Waals surface area contributed by atoms with E-state index >= 15 is 0 Å². The molecule has 0 N–H and O–H groups in total. The van der Waals surface area contributed by atoms with E-state index in [0.29, 0.717) is 12.0 Å². The van der Waals surface area contributed by atoms with Gasteiger partial charge in [0.2, 0.25) is 0 Å². The molecule has 100 valence electrons. The van der Waals surface area contributed by atoms with Crippen LogP contribution in [0.1, 0.15) is 50.5 Å². The standard InChI is InChI=1S/C14H22ClN3/c1-10(2)17-8-6-11(9-17)14-16-13(15)12-5-3-4-7-18(12)14/h10-11H,3-9H2,1-2H3. The molecule has 1 aromatic heterocycles. The van der Waals surface area contributed by atoms with Crippen LogP contribution in [0, 0.1) is 0 Å². The molecule has 1 aromatic rings. The van der Waals surface area contributed by atoms with Gasteiger partial charge in [-0.3, -0.25) is 0 Å². The minimum absolute atomic E-state index is 0.580. The first-order chi connectivity index (χ1) is 8.66. The highest BCUT2D eigenvalue weighted by Gasteiger charge is 2.31. The van der Waals surface area contributed by atoms with E-state index in [0.717, 1.165) is 24.7 Å². The van der Waals surface area contributed by atoms with E-state index in [2.05, 4.69) is 28.3 Å². The van der Waals surface area contributed by atoms with Gasteiger partial charge in [0.1, 0.15) is 5.82 Å². The molecule has 0 amide bonds.